The van der Waals surface area contributed by atoms with Crippen LogP contribution in [0.1, 0.15) is 17.3 Å². The number of rotatable bonds is 2. The van der Waals surface area contributed by atoms with Gasteiger partial charge in [-0.3, -0.25) is 0 Å². The number of hydrogen-bond acceptors (Lipinski definition) is 2. The third-order valence-electron chi connectivity index (χ3n) is 1.59. The standard InChI is InChI=1S/C9H6Cl3IO2/c1-2-15-9(14)6-7(11)4(10)3-5(13)8(6)12/h3H,2H2,1H3. The Morgan fingerprint density at radius 2 is 2.00 bits per heavy atom. The molecule has 6 heteroatoms. The molecule has 0 unspecified atom stereocenters. The Morgan fingerprint density at radius 1 is 1.40 bits per heavy atom. The van der Waals surface area contributed by atoms with E-state index in [1.54, 1.807) is 13.0 Å². The quantitative estimate of drug-likeness (QED) is 0.432. The molecule has 0 aliphatic heterocycles. The van der Waals surface area contributed by atoms with E-state index in [4.69, 9.17) is 39.5 Å². The summed E-state index contributed by atoms with van der Waals surface area (Å²) in [7, 11) is 0. The molecule has 0 heterocycles. The van der Waals surface area contributed by atoms with Gasteiger partial charge < -0.3 is 4.74 Å². The maximum absolute atomic E-state index is 11.5. The SMILES string of the molecule is CCOC(=O)c1c(Cl)c(Cl)cc(I)c1Cl. The van der Waals surface area contributed by atoms with Crippen molar-refractivity contribution in [3.05, 3.63) is 30.3 Å². The predicted molar refractivity (Wildman–Crippen MR) is 70.1 cm³/mol. The van der Waals surface area contributed by atoms with Crippen molar-refractivity contribution >= 4 is 63.4 Å². The Morgan fingerprint density at radius 3 is 2.53 bits per heavy atom. The first-order chi connectivity index (χ1) is 6.99. The number of benzene rings is 1. The Balaban J connectivity index is 3.32. The van der Waals surface area contributed by atoms with Gasteiger partial charge in [0.25, 0.3) is 0 Å². The third-order valence-corrected chi connectivity index (χ3v) is 3.94. The highest BCUT2D eigenvalue weighted by Crippen LogP contribution is 2.35. The summed E-state index contributed by atoms with van der Waals surface area (Å²) in [6.45, 7) is 1.96. The van der Waals surface area contributed by atoms with Crippen molar-refractivity contribution in [2.45, 2.75) is 6.92 Å². The number of carbonyl (C=O) groups excluding carboxylic acids is 1. The lowest BCUT2D eigenvalue weighted by Crippen LogP contribution is -2.07. The number of carbonyl (C=O) groups is 1. The van der Waals surface area contributed by atoms with Gasteiger partial charge in [0.05, 0.1) is 27.2 Å². The summed E-state index contributed by atoms with van der Waals surface area (Å²) in [6.07, 6.45) is 0. The Kier molecular flexibility index (Phi) is 4.96. The van der Waals surface area contributed by atoms with E-state index in [1.165, 1.54) is 0 Å². The van der Waals surface area contributed by atoms with Crippen LogP contribution in [0, 0.1) is 3.57 Å². The van der Waals surface area contributed by atoms with Crippen LogP contribution in [0.25, 0.3) is 0 Å². The maximum Gasteiger partial charge on any atom is 0.341 e. The van der Waals surface area contributed by atoms with Gasteiger partial charge in [0.1, 0.15) is 0 Å². The normalized spacial score (nSPS) is 10.2. The van der Waals surface area contributed by atoms with E-state index < -0.39 is 5.97 Å². The fourth-order valence-electron chi connectivity index (χ4n) is 0.956. The summed E-state index contributed by atoms with van der Waals surface area (Å²) < 4.78 is 5.49. The maximum atomic E-state index is 11.5. The lowest BCUT2D eigenvalue weighted by Gasteiger charge is -2.09. The minimum atomic E-state index is -0.562. The fourth-order valence-corrected chi connectivity index (χ4v) is 2.43. The molecule has 0 atom stereocenters. The highest BCUT2D eigenvalue weighted by molar-refractivity contribution is 14.1. The van der Waals surface area contributed by atoms with Crippen LogP contribution in [0.5, 0.6) is 0 Å². The molecule has 0 radical (unpaired) electrons. The van der Waals surface area contributed by atoms with E-state index in [2.05, 4.69) is 0 Å². The van der Waals surface area contributed by atoms with Gasteiger partial charge in [-0.05, 0) is 35.6 Å². The topological polar surface area (TPSA) is 26.3 Å². The van der Waals surface area contributed by atoms with E-state index in [0.29, 0.717) is 3.57 Å². The molecule has 15 heavy (non-hydrogen) atoms. The van der Waals surface area contributed by atoms with E-state index in [9.17, 15) is 4.79 Å². The molecule has 0 saturated carbocycles. The van der Waals surface area contributed by atoms with E-state index in [1.807, 2.05) is 22.6 Å². The van der Waals surface area contributed by atoms with Crippen molar-refractivity contribution in [1.82, 2.24) is 0 Å². The summed E-state index contributed by atoms with van der Waals surface area (Å²) in [5.74, 6) is -0.562. The molecule has 0 N–H and O–H groups in total. The first-order valence-corrected chi connectivity index (χ1v) is 6.20. The molecule has 0 bridgehead atoms. The molecule has 2 nitrogen and oxygen atoms in total. The van der Waals surface area contributed by atoms with Crippen LogP contribution in [0.4, 0.5) is 0 Å². The summed E-state index contributed by atoms with van der Waals surface area (Å²) in [5.41, 5.74) is 0.122. The fraction of sp³-hybridized carbons (Fsp3) is 0.222. The van der Waals surface area contributed by atoms with Crippen LogP contribution in [-0.4, -0.2) is 12.6 Å². The second-order valence-electron chi connectivity index (χ2n) is 2.56. The first kappa shape index (κ1) is 13.4. The van der Waals surface area contributed by atoms with Crippen LogP contribution in [0.3, 0.4) is 0 Å². The van der Waals surface area contributed by atoms with Crippen molar-refractivity contribution in [3.63, 3.8) is 0 Å². The highest BCUT2D eigenvalue weighted by Gasteiger charge is 2.20. The molecule has 1 rings (SSSR count). The van der Waals surface area contributed by atoms with Gasteiger partial charge >= 0.3 is 5.97 Å². The van der Waals surface area contributed by atoms with E-state index in [-0.39, 0.29) is 27.2 Å². The Hall–Kier alpha value is 0.290. The van der Waals surface area contributed by atoms with Gasteiger partial charge in [-0.2, -0.15) is 0 Å². The van der Waals surface area contributed by atoms with E-state index >= 15 is 0 Å². The van der Waals surface area contributed by atoms with Gasteiger partial charge in [-0.25, -0.2) is 4.79 Å². The van der Waals surface area contributed by atoms with Crippen LogP contribution >= 0.6 is 57.4 Å². The molecular weight excluding hydrogens is 373 g/mol. The average molecular weight is 379 g/mol. The first-order valence-electron chi connectivity index (χ1n) is 3.99. The van der Waals surface area contributed by atoms with Gasteiger partial charge in [0, 0.05) is 3.57 Å². The highest BCUT2D eigenvalue weighted by atomic mass is 127. The Bertz CT molecular complexity index is 381. The van der Waals surface area contributed by atoms with Crippen molar-refractivity contribution in [2.24, 2.45) is 0 Å². The average Bonchev–Trinajstić information content (AvgIpc) is 2.16. The Labute approximate surface area is 116 Å². The summed E-state index contributed by atoms with van der Waals surface area (Å²) in [6, 6.07) is 1.59. The molecular formula is C9H6Cl3IO2. The van der Waals surface area contributed by atoms with Crippen LogP contribution < -0.4 is 0 Å². The summed E-state index contributed by atoms with van der Waals surface area (Å²) in [5, 5.41) is 0.678. The molecule has 0 fully saturated rings. The molecule has 0 spiro atoms. The largest absolute Gasteiger partial charge is 0.462 e. The number of halogens is 4. The zero-order chi connectivity index (χ0) is 11.6. The van der Waals surface area contributed by atoms with Crippen molar-refractivity contribution < 1.29 is 9.53 Å². The lowest BCUT2D eigenvalue weighted by atomic mass is 10.2. The molecule has 1 aromatic carbocycles. The lowest BCUT2D eigenvalue weighted by molar-refractivity contribution is 0.0526. The zero-order valence-electron chi connectivity index (χ0n) is 7.61. The van der Waals surface area contributed by atoms with Gasteiger partial charge in [0.15, 0.2) is 0 Å². The minimum Gasteiger partial charge on any atom is -0.462 e. The zero-order valence-corrected chi connectivity index (χ0v) is 12.0. The minimum absolute atomic E-state index is 0.122. The molecule has 1 aromatic rings. The number of esters is 1. The summed E-state index contributed by atoms with van der Waals surface area (Å²) in [4.78, 5) is 11.5. The molecule has 0 aliphatic carbocycles. The van der Waals surface area contributed by atoms with Crippen LogP contribution in [0.15, 0.2) is 6.07 Å². The van der Waals surface area contributed by atoms with Crippen LogP contribution in [-0.2, 0) is 4.74 Å². The predicted octanol–water partition coefficient (Wildman–Crippen LogP) is 4.43. The second kappa shape index (κ2) is 5.57. The van der Waals surface area contributed by atoms with E-state index in [0.717, 1.165) is 0 Å². The van der Waals surface area contributed by atoms with Crippen molar-refractivity contribution in [1.29, 1.82) is 0 Å². The molecule has 0 amide bonds. The van der Waals surface area contributed by atoms with Crippen LogP contribution in [0.2, 0.25) is 15.1 Å². The van der Waals surface area contributed by atoms with Gasteiger partial charge in [0.2, 0.25) is 0 Å². The van der Waals surface area contributed by atoms with Crippen molar-refractivity contribution in [3.8, 4) is 0 Å². The van der Waals surface area contributed by atoms with Crippen molar-refractivity contribution in [2.75, 3.05) is 6.61 Å². The molecule has 82 valence electrons. The number of ether oxygens (including phenoxy) is 1. The summed E-state index contributed by atoms with van der Waals surface area (Å²) >= 11 is 19.6. The second-order valence-corrected chi connectivity index (χ2v) is 4.89. The molecule has 0 saturated heterocycles. The molecule has 0 aliphatic rings. The van der Waals surface area contributed by atoms with Gasteiger partial charge in [-0.1, -0.05) is 34.8 Å². The molecule has 0 aromatic heterocycles. The third kappa shape index (κ3) is 2.90. The van der Waals surface area contributed by atoms with Gasteiger partial charge in [-0.15, -0.1) is 0 Å². The monoisotopic (exact) mass is 378 g/mol. The number of hydrogen-bond donors (Lipinski definition) is 0. The smallest absolute Gasteiger partial charge is 0.341 e.